The Morgan fingerprint density at radius 2 is 2.13 bits per heavy atom. The van der Waals surface area contributed by atoms with Gasteiger partial charge in [0.2, 0.25) is 0 Å². The fourth-order valence-electron chi connectivity index (χ4n) is 2.40. The van der Waals surface area contributed by atoms with Gasteiger partial charge in [-0.2, -0.15) is 0 Å². The van der Waals surface area contributed by atoms with Crippen LogP contribution in [0.2, 0.25) is 0 Å². The molecule has 0 radical (unpaired) electrons. The SMILES string of the molecule is CC1CCCC1(O)c1cccc(F)c1F. The topological polar surface area (TPSA) is 20.2 Å². The molecule has 15 heavy (non-hydrogen) atoms. The normalized spacial score (nSPS) is 30.8. The molecule has 0 heterocycles. The van der Waals surface area contributed by atoms with E-state index < -0.39 is 17.2 Å². The van der Waals surface area contributed by atoms with E-state index in [9.17, 15) is 13.9 Å². The predicted octanol–water partition coefficient (Wildman–Crippen LogP) is 2.97. The molecule has 1 aromatic rings. The van der Waals surface area contributed by atoms with Crippen molar-refractivity contribution >= 4 is 0 Å². The van der Waals surface area contributed by atoms with Crippen molar-refractivity contribution in [3.8, 4) is 0 Å². The van der Waals surface area contributed by atoms with Gasteiger partial charge >= 0.3 is 0 Å². The minimum Gasteiger partial charge on any atom is -0.385 e. The smallest absolute Gasteiger partial charge is 0.164 e. The largest absolute Gasteiger partial charge is 0.385 e. The molecule has 1 nitrogen and oxygen atoms in total. The third-order valence-corrected chi connectivity index (χ3v) is 3.43. The standard InChI is InChI=1S/C12H14F2O/c1-8-4-3-7-12(8,15)9-5-2-6-10(13)11(9)14/h2,5-6,8,15H,3-4,7H2,1H3. The van der Waals surface area contributed by atoms with Crippen molar-refractivity contribution in [2.45, 2.75) is 31.8 Å². The van der Waals surface area contributed by atoms with Crippen LogP contribution >= 0.6 is 0 Å². The molecule has 0 amide bonds. The molecular formula is C12H14F2O. The van der Waals surface area contributed by atoms with Gasteiger partial charge in [-0.3, -0.25) is 0 Å². The summed E-state index contributed by atoms with van der Waals surface area (Å²) in [6.45, 7) is 1.87. The number of rotatable bonds is 1. The summed E-state index contributed by atoms with van der Waals surface area (Å²) in [4.78, 5) is 0. The molecule has 2 rings (SSSR count). The molecule has 1 saturated carbocycles. The van der Waals surface area contributed by atoms with E-state index in [1.165, 1.54) is 12.1 Å². The van der Waals surface area contributed by atoms with Crippen LogP contribution < -0.4 is 0 Å². The van der Waals surface area contributed by atoms with Crippen molar-refractivity contribution in [1.29, 1.82) is 0 Å². The molecule has 0 bridgehead atoms. The summed E-state index contributed by atoms with van der Waals surface area (Å²) in [6, 6.07) is 3.98. The van der Waals surface area contributed by atoms with Crippen molar-refractivity contribution in [1.82, 2.24) is 0 Å². The van der Waals surface area contributed by atoms with Crippen LogP contribution in [0.5, 0.6) is 0 Å². The summed E-state index contributed by atoms with van der Waals surface area (Å²) in [5, 5.41) is 10.3. The Morgan fingerprint density at radius 3 is 2.73 bits per heavy atom. The Hall–Kier alpha value is -0.960. The van der Waals surface area contributed by atoms with Gasteiger partial charge < -0.3 is 5.11 Å². The first-order valence-electron chi connectivity index (χ1n) is 5.22. The zero-order valence-electron chi connectivity index (χ0n) is 8.63. The van der Waals surface area contributed by atoms with Gasteiger partial charge in [0.05, 0.1) is 5.60 Å². The third kappa shape index (κ3) is 1.55. The molecule has 0 aromatic heterocycles. The van der Waals surface area contributed by atoms with E-state index >= 15 is 0 Å². The highest BCUT2D eigenvalue weighted by molar-refractivity contribution is 5.27. The van der Waals surface area contributed by atoms with E-state index in [1.807, 2.05) is 6.92 Å². The number of hydrogen-bond acceptors (Lipinski definition) is 1. The molecule has 0 spiro atoms. The van der Waals surface area contributed by atoms with E-state index in [1.54, 1.807) is 0 Å². The second-order valence-electron chi connectivity index (χ2n) is 4.32. The zero-order chi connectivity index (χ0) is 11.1. The van der Waals surface area contributed by atoms with E-state index in [4.69, 9.17) is 0 Å². The van der Waals surface area contributed by atoms with Gasteiger partial charge in [-0.1, -0.05) is 19.1 Å². The van der Waals surface area contributed by atoms with Crippen LogP contribution in [-0.4, -0.2) is 5.11 Å². The van der Waals surface area contributed by atoms with Crippen molar-refractivity contribution in [2.75, 3.05) is 0 Å². The Kier molecular flexibility index (Phi) is 2.51. The molecular weight excluding hydrogens is 198 g/mol. The first-order chi connectivity index (χ1) is 7.05. The molecule has 1 N–H and O–H groups in total. The van der Waals surface area contributed by atoms with Crippen LogP contribution in [0, 0.1) is 17.6 Å². The van der Waals surface area contributed by atoms with E-state index in [0.717, 1.165) is 18.9 Å². The summed E-state index contributed by atoms with van der Waals surface area (Å²) < 4.78 is 26.6. The van der Waals surface area contributed by atoms with E-state index in [2.05, 4.69) is 0 Å². The molecule has 0 aliphatic heterocycles. The van der Waals surface area contributed by atoms with Crippen LogP contribution in [0.4, 0.5) is 8.78 Å². The van der Waals surface area contributed by atoms with Crippen molar-refractivity contribution in [2.24, 2.45) is 5.92 Å². The van der Waals surface area contributed by atoms with Crippen molar-refractivity contribution in [3.63, 3.8) is 0 Å². The second kappa shape index (κ2) is 3.56. The second-order valence-corrected chi connectivity index (χ2v) is 4.32. The lowest BCUT2D eigenvalue weighted by Crippen LogP contribution is -2.29. The molecule has 0 saturated heterocycles. The average molecular weight is 212 g/mol. The van der Waals surface area contributed by atoms with Gasteiger partial charge in [0, 0.05) is 5.56 Å². The molecule has 1 fully saturated rings. The Morgan fingerprint density at radius 1 is 1.40 bits per heavy atom. The van der Waals surface area contributed by atoms with E-state index in [0.29, 0.717) is 6.42 Å². The maximum atomic E-state index is 13.5. The first-order valence-corrected chi connectivity index (χ1v) is 5.22. The Bertz CT molecular complexity index is 378. The minimum atomic E-state index is -1.19. The summed E-state index contributed by atoms with van der Waals surface area (Å²) in [6.07, 6.45) is 2.22. The molecule has 2 unspecified atom stereocenters. The highest BCUT2D eigenvalue weighted by atomic mass is 19.2. The Labute approximate surface area is 87.7 Å². The minimum absolute atomic E-state index is 0.0196. The highest BCUT2D eigenvalue weighted by Crippen LogP contribution is 2.44. The summed E-state index contributed by atoms with van der Waals surface area (Å²) in [5.74, 6) is -1.82. The number of halogens is 2. The summed E-state index contributed by atoms with van der Waals surface area (Å²) in [5.41, 5.74) is -1.08. The molecule has 82 valence electrons. The molecule has 2 atom stereocenters. The quantitative estimate of drug-likeness (QED) is 0.758. The van der Waals surface area contributed by atoms with Gasteiger partial charge in [-0.25, -0.2) is 8.78 Å². The predicted molar refractivity (Wildman–Crippen MR) is 53.3 cm³/mol. The molecule has 1 aromatic carbocycles. The molecule has 3 heteroatoms. The lowest BCUT2D eigenvalue weighted by molar-refractivity contribution is 0.000624. The van der Waals surface area contributed by atoms with Crippen molar-refractivity contribution in [3.05, 3.63) is 35.4 Å². The summed E-state index contributed by atoms with van der Waals surface area (Å²) in [7, 11) is 0. The monoisotopic (exact) mass is 212 g/mol. The molecule has 1 aliphatic rings. The van der Waals surface area contributed by atoms with Crippen LogP contribution in [-0.2, 0) is 5.60 Å². The first kappa shape index (κ1) is 10.6. The van der Waals surface area contributed by atoms with Gasteiger partial charge in [-0.05, 0) is 31.2 Å². The van der Waals surface area contributed by atoms with Gasteiger partial charge in [-0.15, -0.1) is 0 Å². The van der Waals surface area contributed by atoms with Crippen LogP contribution in [0.3, 0.4) is 0 Å². The lowest BCUT2D eigenvalue weighted by Gasteiger charge is -2.28. The van der Waals surface area contributed by atoms with Gasteiger partial charge in [0.15, 0.2) is 11.6 Å². The average Bonchev–Trinajstić information content (AvgIpc) is 2.53. The maximum absolute atomic E-state index is 13.5. The number of hydrogen-bond donors (Lipinski definition) is 1. The van der Waals surface area contributed by atoms with E-state index in [-0.39, 0.29) is 11.5 Å². The fourth-order valence-corrected chi connectivity index (χ4v) is 2.40. The number of benzene rings is 1. The maximum Gasteiger partial charge on any atom is 0.164 e. The molecule has 1 aliphatic carbocycles. The zero-order valence-corrected chi connectivity index (χ0v) is 8.63. The van der Waals surface area contributed by atoms with Gasteiger partial charge in [0.25, 0.3) is 0 Å². The van der Waals surface area contributed by atoms with Crippen molar-refractivity contribution < 1.29 is 13.9 Å². The highest BCUT2D eigenvalue weighted by Gasteiger charge is 2.41. The third-order valence-electron chi connectivity index (χ3n) is 3.43. The van der Waals surface area contributed by atoms with Crippen LogP contribution in [0.1, 0.15) is 31.7 Å². The van der Waals surface area contributed by atoms with Crippen LogP contribution in [0.25, 0.3) is 0 Å². The fraction of sp³-hybridized carbons (Fsp3) is 0.500. The Balaban J connectivity index is 2.49. The lowest BCUT2D eigenvalue weighted by atomic mass is 9.85. The number of aliphatic hydroxyl groups is 1. The summed E-state index contributed by atoms with van der Waals surface area (Å²) >= 11 is 0. The van der Waals surface area contributed by atoms with Crippen LogP contribution in [0.15, 0.2) is 18.2 Å². The van der Waals surface area contributed by atoms with Gasteiger partial charge in [0.1, 0.15) is 0 Å².